The van der Waals surface area contributed by atoms with Crippen molar-refractivity contribution in [3.05, 3.63) is 29.3 Å². The van der Waals surface area contributed by atoms with Gasteiger partial charge in [0.15, 0.2) is 5.69 Å². The van der Waals surface area contributed by atoms with Crippen molar-refractivity contribution in [2.45, 2.75) is 38.6 Å². The lowest BCUT2D eigenvalue weighted by Gasteiger charge is -2.53. The molecule has 2 amide bonds. The molecule has 2 fully saturated rings. The van der Waals surface area contributed by atoms with Crippen LogP contribution in [-0.4, -0.2) is 61.6 Å². The van der Waals surface area contributed by atoms with Crippen LogP contribution in [0.2, 0.25) is 0 Å². The number of amides is 2. The summed E-state index contributed by atoms with van der Waals surface area (Å²) in [6.45, 7) is 3.36. The molecule has 9 nitrogen and oxygen atoms in total. The van der Waals surface area contributed by atoms with Crippen LogP contribution in [0.5, 0.6) is 0 Å². The van der Waals surface area contributed by atoms with Crippen molar-refractivity contribution in [2.24, 2.45) is 12.5 Å². The summed E-state index contributed by atoms with van der Waals surface area (Å²) in [6.07, 6.45) is 5.77. The summed E-state index contributed by atoms with van der Waals surface area (Å²) >= 11 is 0. The smallest absolute Gasteiger partial charge is 0.273 e. The highest BCUT2D eigenvalue weighted by atomic mass is 16.2. The van der Waals surface area contributed by atoms with Crippen LogP contribution in [0.3, 0.4) is 0 Å². The fourth-order valence-corrected chi connectivity index (χ4v) is 4.47. The molecule has 27 heavy (non-hydrogen) atoms. The molecule has 4 rings (SSSR count). The van der Waals surface area contributed by atoms with E-state index in [9.17, 15) is 9.59 Å². The lowest BCUT2D eigenvalue weighted by Crippen LogP contribution is -2.51. The Labute approximate surface area is 157 Å². The largest absolute Gasteiger partial charge is 0.354 e. The van der Waals surface area contributed by atoms with Crippen LogP contribution >= 0.6 is 0 Å². The second-order valence-corrected chi connectivity index (χ2v) is 7.67. The summed E-state index contributed by atoms with van der Waals surface area (Å²) in [4.78, 5) is 26.5. The molecule has 0 aromatic carbocycles. The molecule has 2 aliphatic rings. The van der Waals surface area contributed by atoms with Crippen molar-refractivity contribution in [3.8, 4) is 0 Å². The van der Waals surface area contributed by atoms with E-state index in [-0.39, 0.29) is 23.3 Å². The van der Waals surface area contributed by atoms with Gasteiger partial charge in [-0.15, -0.1) is 5.10 Å². The number of hydrogen-bond donors (Lipinski definition) is 1. The van der Waals surface area contributed by atoms with Crippen molar-refractivity contribution in [2.75, 3.05) is 20.1 Å². The number of nitrogens with one attached hydrogen (secondary N) is 1. The van der Waals surface area contributed by atoms with E-state index < -0.39 is 0 Å². The third kappa shape index (κ3) is 2.90. The summed E-state index contributed by atoms with van der Waals surface area (Å²) < 4.78 is 3.50. The summed E-state index contributed by atoms with van der Waals surface area (Å²) in [5, 5.41) is 15.0. The first-order valence-corrected chi connectivity index (χ1v) is 9.37. The molecule has 1 saturated carbocycles. The third-order valence-electron chi connectivity index (χ3n) is 6.18. The van der Waals surface area contributed by atoms with E-state index in [1.54, 1.807) is 17.9 Å². The molecule has 0 radical (unpaired) electrons. The first-order valence-electron chi connectivity index (χ1n) is 9.37. The number of rotatable bonds is 3. The molecule has 1 aliphatic carbocycles. The number of piperidine rings is 1. The zero-order chi connectivity index (χ0) is 19.2. The van der Waals surface area contributed by atoms with Crippen molar-refractivity contribution in [1.29, 1.82) is 0 Å². The SMILES string of the molecule is CNC(=O)c1cn(C2CCC23CCN(C(=O)c2cc(C)nn2C)CC3)nn1. The monoisotopic (exact) mass is 371 g/mol. The van der Waals surface area contributed by atoms with Gasteiger partial charge in [-0.25, -0.2) is 4.68 Å². The summed E-state index contributed by atoms with van der Waals surface area (Å²) in [5.74, 6) is -0.173. The highest BCUT2D eigenvalue weighted by molar-refractivity contribution is 5.93. The number of aromatic nitrogens is 5. The van der Waals surface area contributed by atoms with Gasteiger partial charge in [0, 0.05) is 27.2 Å². The Kier molecular flexibility index (Phi) is 4.24. The predicted molar refractivity (Wildman–Crippen MR) is 97.2 cm³/mol. The van der Waals surface area contributed by atoms with Gasteiger partial charge in [0.2, 0.25) is 0 Å². The molecule has 3 heterocycles. The Morgan fingerprint density at radius 1 is 1.26 bits per heavy atom. The average molecular weight is 371 g/mol. The second kappa shape index (κ2) is 6.47. The van der Waals surface area contributed by atoms with Gasteiger partial charge in [0.05, 0.1) is 17.9 Å². The number of hydrogen-bond acceptors (Lipinski definition) is 5. The fraction of sp³-hybridized carbons (Fsp3) is 0.611. The molecule has 0 bridgehead atoms. The first kappa shape index (κ1) is 17.7. The standard InChI is InChI=1S/C18H25N7O2/c1-12-10-14(23(3)21-12)17(27)24-8-6-18(7-9-24)5-4-15(18)25-11-13(20-22-25)16(26)19-2/h10-11,15H,4-9H2,1-3H3,(H,19,26). The molecule has 1 unspecified atom stereocenters. The molecule has 2 aromatic rings. The molecule has 1 spiro atoms. The Morgan fingerprint density at radius 3 is 2.56 bits per heavy atom. The zero-order valence-electron chi connectivity index (χ0n) is 16.0. The number of nitrogens with zero attached hydrogens (tertiary/aromatic N) is 6. The van der Waals surface area contributed by atoms with Gasteiger partial charge in [0.25, 0.3) is 11.8 Å². The Morgan fingerprint density at radius 2 is 2.00 bits per heavy atom. The van der Waals surface area contributed by atoms with E-state index in [0.717, 1.165) is 44.5 Å². The Hall–Kier alpha value is -2.71. The predicted octanol–water partition coefficient (Wildman–Crippen LogP) is 0.937. The van der Waals surface area contributed by atoms with E-state index in [0.29, 0.717) is 11.4 Å². The topological polar surface area (TPSA) is 97.9 Å². The molecule has 1 aliphatic heterocycles. The van der Waals surface area contributed by atoms with Crippen molar-refractivity contribution in [3.63, 3.8) is 0 Å². The maximum atomic E-state index is 12.8. The van der Waals surface area contributed by atoms with Gasteiger partial charge in [-0.05, 0) is 44.1 Å². The van der Waals surface area contributed by atoms with E-state index in [4.69, 9.17) is 0 Å². The fourth-order valence-electron chi connectivity index (χ4n) is 4.47. The molecule has 2 aromatic heterocycles. The van der Waals surface area contributed by atoms with Crippen LogP contribution in [0.25, 0.3) is 0 Å². The van der Waals surface area contributed by atoms with Crippen molar-refractivity contribution < 1.29 is 9.59 Å². The number of aryl methyl sites for hydroxylation is 2. The van der Waals surface area contributed by atoms with Gasteiger partial charge >= 0.3 is 0 Å². The molecular weight excluding hydrogens is 346 g/mol. The summed E-state index contributed by atoms with van der Waals surface area (Å²) in [6, 6.07) is 2.09. The lowest BCUT2D eigenvalue weighted by atomic mass is 9.59. The lowest BCUT2D eigenvalue weighted by molar-refractivity contribution is -0.0270. The minimum Gasteiger partial charge on any atom is -0.354 e. The quantitative estimate of drug-likeness (QED) is 0.866. The van der Waals surface area contributed by atoms with Crippen LogP contribution in [0, 0.1) is 12.3 Å². The van der Waals surface area contributed by atoms with Gasteiger partial charge in [-0.1, -0.05) is 5.21 Å². The maximum Gasteiger partial charge on any atom is 0.273 e. The van der Waals surface area contributed by atoms with Crippen molar-refractivity contribution in [1.82, 2.24) is 35.0 Å². The Balaban J connectivity index is 1.44. The average Bonchev–Trinajstić information content (AvgIpc) is 3.26. The normalized spacial score (nSPS) is 21.1. The van der Waals surface area contributed by atoms with Crippen LogP contribution in [-0.2, 0) is 7.05 Å². The summed E-state index contributed by atoms with van der Waals surface area (Å²) in [7, 11) is 3.39. The molecule has 1 atom stereocenters. The second-order valence-electron chi connectivity index (χ2n) is 7.67. The van der Waals surface area contributed by atoms with Crippen LogP contribution in [0.15, 0.2) is 12.3 Å². The third-order valence-corrected chi connectivity index (χ3v) is 6.18. The number of carbonyl (C=O) groups is 2. The highest BCUT2D eigenvalue weighted by Crippen LogP contribution is 2.56. The molecular formula is C18H25N7O2. The first-order chi connectivity index (χ1) is 12.9. The molecule has 144 valence electrons. The molecule has 1 saturated heterocycles. The van der Waals surface area contributed by atoms with E-state index >= 15 is 0 Å². The van der Waals surface area contributed by atoms with Crippen LogP contribution < -0.4 is 5.32 Å². The van der Waals surface area contributed by atoms with Gasteiger partial charge in [-0.3, -0.25) is 14.3 Å². The number of likely N-dealkylation sites (tertiary alicyclic amines) is 1. The highest BCUT2D eigenvalue weighted by Gasteiger charge is 2.50. The van der Waals surface area contributed by atoms with E-state index in [1.807, 2.05) is 29.6 Å². The van der Waals surface area contributed by atoms with E-state index in [1.165, 1.54) is 0 Å². The van der Waals surface area contributed by atoms with Crippen LogP contribution in [0.4, 0.5) is 0 Å². The summed E-state index contributed by atoms with van der Waals surface area (Å²) in [5.41, 5.74) is 1.98. The van der Waals surface area contributed by atoms with Crippen molar-refractivity contribution >= 4 is 11.8 Å². The van der Waals surface area contributed by atoms with Gasteiger partial charge in [-0.2, -0.15) is 5.10 Å². The molecule has 1 N–H and O–H groups in total. The number of carbonyl (C=O) groups excluding carboxylic acids is 2. The minimum atomic E-state index is -0.221. The molecule has 9 heteroatoms. The Bertz CT molecular complexity index is 876. The van der Waals surface area contributed by atoms with Crippen LogP contribution in [0.1, 0.15) is 58.4 Å². The van der Waals surface area contributed by atoms with Gasteiger partial charge < -0.3 is 10.2 Å². The minimum absolute atomic E-state index is 0.0477. The van der Waals surface area contributed by atoms with E-state index in [2.05, 4.69) is 20.7 Å². The maximum absolute atomic E-state index is 12.8. The van der Waals surface area contributed by atoms with Gasteiger partial charge in [0.1, 0.15) is 5.69 Å². The zero-order valence-corrected chi connectivity index (χ0v) is 16.0.